The summed E-state index contributed by atoms with van der Waals surface area (Å²) in [5.74, 6) is -0.431. The van der Waals surface area contributed by atoms with Gasteiger partial charge in [-0.05, 0) is 31.5 Å². The zero-order valence-corrected chi connectivity index (χ0v) is 12.9. The SMILES string of the molecule is NCCCC[C@H](N)C(=O)C(O[C]=O)c1ccc(Cl)cc1Cl. The highest BCUT2D eigenvalue weighted by atomic mass is 35.5. The zero-order chi connectivity index (χ0) is 15.8. The summed E-state index contributed by atoms with van der Waals surface area (Å²) in [4.78, 5) is 22.8. The molecule has 0 bridgehead atoms. The number of unbranched alkanes of at least 4 members (excludes halogenated alkanes) is 1. The first-order chi connectivity index (χ1) is 10.0. The molecule has 115 valence electrons. The van der Waals surface area contributed by atoms with Gasteiger partial charge in [0.05, 0.1) is 6.04 Å². The van der Waals surface area contributed by atoms with Gasteiger partial charge in [-0.15, -0.1) is 0 Å². The molecule has 0 aliphatic carbocycles. The quantitative estimate of drug-likeness (QED) is 0.676. The van der Waals surface area contributed by atoms with Crippen molar-refractivity contribution in [2.24, 2.45) is 11.5 Å². The van der Waals surface area contributed by atoms with Crippen molar-refractivity contribution in [1.82, 2.24) is 0 Å². The number of Topliss-reactive ketones (excluding diaryl/α,β-unsaturated/α-hetero) is 1. The maximum absolute atomic E-state index is 12.3. The second kappa shape index (κ2) is 9.00. The summed E-state index contributed by atoms with van der Waals surface area (Å²) in [7, 11) is 0. The zero-order valence-electron chi connectivity index (χ0n) is 11.4. The van der Waals surface area contributed by atoms with E-state index in [1.54, 1.807) is 6.07 Å². The third-order valence-electron chi connectivity index (χ3n) is 3.00. The van der Waals surface area contributed by atoms with Crippen LogP contribution in [0.5, 0.6) is 0 Å². The average molecular weight is 332 g/mol. The molecule has 0 saturated carbocycles. The topological polar surface area (TPSA) is 95.4 Å². The Morgan fingerprint density at radius 2 is 2.05 bits per heavy atom. The van der Waals surface area contributed by atoms with Gasteiger partial charge in [0.25, 0.3) is 0 Å². The summed E-state index contributed by atoms with van der Waals surface area (Å²) in [6, 6.07) is 3.78. The van der Waals surface area contributed by atoms with Gasteiger partial charge in [-0.1, -0.05) is 35.7 Å². The molecule has 2 atom stereocenters. The van der Waals surface area contributed by atoms with Gasteiger partial charge in [0.1, 0.15) is 0 Å². The number of carbonyl (C=O) groups excluding carboxylic acids is 2. The second-order valence-electron chi connectivity index (χ2n) is 4.54. The molecule has 5 nitrogen and oxygen atoms in total. The number of ether oxygens (including phenoxy) is 1. The van der Waals surface area contributed by atoms with Gasteiger partial charge in [-0.25, -0.2) is 4.79 Å². The van der Waals surface area contributed by atoms with E-state index < -0.39 is 17.9 Å². The van der Waals surface area contributed by atoms with E-state index in [4.69, 9.17) is 39.4 Å². The maximum atomic E-state index is 12.3. The minimum Gasteiger partial charge on any atom is -0.441 e. The molecule has 0 saturated heterocycles. The molecule has 1 aromatic rings. The number of nitrogens with two attached hydrogens (primary N) is 2. The Bertz CT molecular complexity index is 497. The Morgan fingerprint density at radius 1 is 1.33 bits per heavy atom. The first kappa shape index (κ1) is 17.9. The molecule has 0 aliphatic rings. The molecule has 1 unspecified atom stereocenters. The molecule has 0 amide bonds. The average Bonchev–Trinajstić information content (AvgIpc) is 2.45. The highest BCUT2D eigenvalue weighted by molar-refractivity contribution is 6.35. The molecule has 1 aromatic carbocycles. The highest BCUT2D eigenvalue weighted by Gasteiger charge is 2.29. The molecule has 7 heteroatoms. The molecule has 0 spiro atoms. The van der Waals surface area contributed by atoms with Crippen molar-refractivity contribution in [1.29, 1.82) is 0 Å². The van der Waals surface area contributed by atoms with E-state index in [0.717, 1.165) is 12.8 Å². The summed E-state index contributed by atoms with van der Waals surface area (Å²) >= 11 is 11.8. The third kappa shape index (κ3) is 5.28. The van der Waals surface area contributed by atoms with Gasteiger partial charge < -0.3 is 16.2 Å². The minimum atomic E-state index is -1.18. The lowest BCUT2D eigenvalue weighted by Gasteiger charge is -2.19. The van der Waals surface area contributed by atoms with Gasteiger partial charge >= 0.3 is 6.47 Å². The van der Waals surface area contributed by atoms with Crippen LogP contribution in [0.25, 0.3) is 0 Å². The number of ketones is 1. The van der Waals surface area contributed by atoms with Crippen LogP contribution in [0, 0.1) is 0 Å². The van der Waals surface area contributed by atoms with Crippen molar-refractivity contribution in [3.05, 3.63) is 33.8 Å². The molecule has 4 N–H and O–H groups in total. The Morgan fingerprint density at radius 3 is 2.62 bits per heavy atom. The molecule has 1 radical (unpaired) electrons. The van der Waals surface area contributed by atoms with E-state index in [-0.39, 0.29) is 5.02 Å². The molecule has 0 fully saturated rings. The van der Waals surface area contributed by atoms with Crippen LogP contribution in [-0.4, -0.2) is 24.8 Å². The summed E-state index contributed by atoms with van der Waals surface area (Å²) in [6.45, 7) is 1.81. The standard InChI is InChI=1S/C14H17Cl2N2O3/c15-9-4-5-10(11(16)7-9)14(21-8-19)13(20)12(18)3-1-2-6-17/h4-5,7,12,14H,1-3,6,17-18H2/t12-,14?/m0/s1. The van der Waals surface area contributed by atoms with Crippen LogP contribution in [0.4, 0.5) is 0 Å². The Balaban J connectivity index is 2.89. The Labute approximate surface area is 133 Å². The first-order valence-electron chi connectivity index (χ1n) is 6.48. The summed E-state index contributed by atoms with van der Waals surface area (Å²) in [5, 5.41) is 0.641. The largest absolute Gasteiger partial charge is 0.441 e. The number of benzene rings is 1. The van der Waals surface area contributed by atoms with Crippen molar-refractivity contribution < 1.29 is 14.3 Å². The Kier molecular flexibility index (Phi) is 7.67. The third-order valence-corrected chi connectivity index (χ3v) is 3.57. The fourth-order valence-electron chi connectivity index (χ4n) is 1.88. The number of carbonyl (C=O) groups is 1. The van der Waals surface area contributed by atoms with Crippen LogP contribution < -0.4 is 11.5 Å². The van der Waals surface area contributed by atoms with Crippen molar-refractivity contribution in [3.8, 4) is 0 Å². The molecule has 0 aromatic heterocycles. The van der Waals surface area contributed by atoms with Crippen molar-refractivity contribution in [3.63, 3.8) is 0 Å². The Hall–Kier alpha value is -1.14. The lowest BCUT2D eigenvalue weighted by Crippen LogP contribution is -2.35. The van der Waals surface area contributed by atoms with Crippen LogP contribution >= 0.6 is 23.2 Å². The predicted octanol–water partition coefficient (Wildman–Crippen LogP) is 2.14. The molecule has 1 rings (SSSR count). The van der Waals surface area contributed by atoms with E-state index in [1.165, 1.54) is 18.6 Å². The lowest BCUT2D eigenvalue weighted by atomic mass is 9.97. The van der Waals surface area contributed by atoms with Crippen LogP contribution in [0.15, 0.2) is 18.2 Å². The number of hydrogen-bond donors (Lipinski definition) is 2. The molecular weight excluding hydrogens is 315 g/mol. The molecule has 21 heavy (non-hydrogen) atoms. The van der Waals surface area contributed by atoms with E-state index in [1.807, 2.05) is 0 Å². The fourth-order valence-corrected chi connectivity index (χ4v) is 2.39. The number of hydrogen-bond acceptors (Lipinski definition) is 5. The van der Waals surface area contributed by atoms with Gasteiger partial charge in [0, 0.05) is 15.6 Å². The molecule has 0 heterocycles. The number of halogens is 2. The molecule has 0 aliphatic heterocycles. The van der Waals surface area contributed by atoms with Crippen LogP contribution in [-0.2, 0) is 14.3 Å². The van der Waals surface area contributed by atoms with Crippen molar-refractivity contribution in [2.45, 2.75) is 31.4 Å². The maximum Gasteiger partial charge on any atom is 0.418 e. The fraction of sp³-hybridized carbons (Fsp3) is 0.429. The first-order valence-corrected chi connectivity index (χ1v) is 7.24. The van der Waals surface area contributed by atoms with Gasteiger partial charge in [-0.2, -0.15) is 0 Å². The monoisotopic (exact) mass is 331 g/mol. The van der Waals surface area contributed by atoms with E-state index in [9.17, 15) is 9.59 Å². The summed E-state index contributed by atoms with van der Waals surface area (Å²) in [5.41, 5.74) is 11.6. The molecular formula is C14H17Cl2N2O3. The number of rotatable bonds is 9. The van der Waals surface area contributed by atoms with E-state index in [0.29, 0.717) is 23.6 Å². The van der Waals surface area contributed by atoms with Crippen molar-refractivity contribution >= 4 is 35.5 Å². The van der Waals surface area contributed by atoms with Crippen LogP contribution in [0.1, 0.15) is 30.9 Å². The van der Waals surface area contributed by atoms with Gasteiger partial charge in [0.2, 0.25) is 0 Å². The smallest absolute Gasteiger partial charge is 0.418 e. The van der Waals surface area contributed by atoms with Crippen molar-refractivity contribution in [2.75, 3.05) is 6.54 Å². The lowest BCUT2D eigenvalue weighted by molar-refractivity contribution is -0.128. The normalized spacial score (nSPS) is 13.5. The minimum absolute atomic E-state index is 0.227. The van der Waals surface area contributed by atoms with E-state index in [2.05, 4.69) is 0 Å². The van der Waals surface area contributed by atoms with Crippen LogP contribution in [0.3, 0.4) is 0 Å². The highest BCUT2D eigenvalue weighted by Crippen LogP contribution is 2.29. The summed E-state index contributed by atoms with van der Waals surface area (Å²) in [6.07, 6.45) is 0.767. The predicted molar refractivity (Wildman–Crippen MR) is 81.9 cm³/mol. The second-order valence-corrected chi connectivity index (χ2v) is 5.38. The van der Waals surface area contributed by atoms with Gasteiger partial charge in [0.15, 0.2) is 11.9 Å². The summed E-state index contributed by atoms with van der Waals surface area (Å²) < 4.78 is 4.75. The van der Waals surface area contributed by atoms with Gasteiger partial charge in [-0.3, -0.25) is 4.79 Å². The van der Waals surface area contributed by atoms with Crippen LogP contribution in [0.2, 0.25) is 10.0 Å². The van der Waals surface area contributed by atoms with E-state index >= 15 is 0 Å².